The number of aryl methyl sites for hydroxylation is 1. The van der Waals surface area contributed by atoms with E-state index >= 15 is 0 Å². The van der Waals surface area contributed by atoms with Crippen LogP contribution in [0.25, 0.3) is 0 Å². The van der Waals surface area contributed by atoms with E-state index in [0.717, 1.165) is 18.2 Å². The number of carbonyl (C=O) groups is 3. The summed E-state index contributed by atoms with van der Waals surface area (Å²) in [5.74, 6) is -2.08. The molecular weight excluding hydrogens is 509 g/mol. The Morgan fingerprint density at radius 1 is 1.03 bits per heavy atom. The van der Waals surface area contributed by atoms with Crippen molar-refractivity contribution in [3.8, 4) is 0 Å². The summed E-state index contributed by atoms with van der Waals surface area (Å²) in [6.07, 6.45) is 1.65. The molecule has 0 unspecified atom stereocenters. The predicted molar refractivity (Wildman–Crippen MR) is 130 cm³/mol. The molecule has 2 aromatic carbocycles. The average Bonchev–Trinajstić information content (AvgIpc) is 3.23. The van der Waals surface area contributed by atoms with Gasteiger partial charge in [-0.3, -0.25) is 35.3 Å². The first-order valence-corrected chi connectivity index (χ1v) is 11.3. The highest BCUT2D eigenvalue weighted by Crippen LogP contribution is 2.30. The number of halogens is 2. The maximum absolute atomic E-state index is 13.0. The molecule has 1 heterocycles. The molecule has 4 rings (SSSR count). The van der Waals surface area contributed by atoms with Crippen molar-refractivity contribution < 1.29 is 28.1 Å². The van der Waals surface area contributed by atoms with Gasteiger partial charge in [0.2, 0.25) is 0 Å². The van der Waals surface area contributed by atoms with Crippen molar-refractivity contribution in [1.29, 1.82) is 0 Å². The van der Waals surface area contributed by atoms with Crippen LogP contribution in [0.2, 0.25) is 5.02 Å². The number of nitrogens with zero attached hydrogens (tertiary/aromatic N) is 2. The van der Waals surface area contributed by atoms with Gasteiger partial charge in [-0.1, -0.05) is 11.6 Å². The molecular formula is C24H19ClFN5O6. The summed E-state index contributed by atoms with van der Waals surface area (Å²) in [4.78, 5) is 47.8. The van der Waals surface area contributed by atoms with Crippen LogP contribution in [0, 0.1) is 22.9 Å². The molecule has 0 aliphatic heterocycles. The molecule has 3 N–H and O–H groups in total. The van der Waals surface area contributed by atoms with E-state index in [1.807, 2.05) is 0 Å². The topological polar surface area (TPSA) is 156 Å². The van der Waals surface area contributed by atoms with Crippen LogP contribution in [0.3, 0.4) is 0 Å². The van der Waals surface area contributed by atoms with E-state index in [2.05, 4.69) is 21.4 Å². The molecule has 3 amide bonds. The second-order valence-corrected chi connectivity index (χ2v) is 8.45. The zero-order valence-corrected chi connectivity index (χ0v) is 20.0. The number of furan rings is 1. The lowest BCUT2D eigenvalue weighted by Crippen LogP contribution is -2.41. The van der Waals surface area contributed by atoms with Crippen molar-refractivity contribution in [2.45, 2.75) is 26.2 Å². The summed E-state index contributed by atoms with van der Waals surface area (Å²) in [5.41, 5.74) is 8.11. The Morgan fingerprint density at radius 3 is 2.41 bits per heavy atom. The van der Waals surface area contributed by atoms with Gasteiger partial charge in [0.1, 0.15) is 16.6 Å². The van der Waals surface area contributed by atoms with E-state index in [4.69, 9.17) is 16.0 Å². The fourth-order valence-electron chi connectivity index (χ4n) is 3.82. The van der Waals surface area contributed by atoms with Crippen molar-refractivity contribution in [3.63, 3.8) is 0 Å². The molecule has 190 valence electrons. The van der Waals surface area contributed by atoms with Gasteiger partial charge < -0.3 is 4.42 Å². The van der Waals surface area contributed by atoms with Gasteiger partial charge in [0.25, 0.3) is 17.5 Å². The van der Waals surface area contributed by atoms with E-state index in [-0.39, 0.29) is 21.9 Å². The molecule has 0 spiro atoms. The van der Waals surface area contributed by atoms with E-state index in [1.54, 1.807) is 6.92 Å². The molecule has 0 bridgehead atoms. The summed E-state index contributed by atoms with van der Waals surface area (Å²) >= 11 is 5.79. The Morgan fingerprint density at radius 2 is 1.70 bits per heavy atom. The Hall–Kier alpha value is -4.58. The number of benzene rings is 2. The van der Waals surface area contributed by atoms with E-state index in [9.17, 15) is 28.9 Å². The number of amides is 3. The van der Waals surface area contributed by atoms with Crippen LogP contribution in [-0.2, 0) is 6.42 Å². The number of nitrogens with one attached hydrogen (secondary N) is 3. The van der Waals surface area contributed by atoms with Crippen molar-refractivity contribution in [2.24, 2.45) is 5.10 Å². The van der Waals surface area contributed by atoms with Crippen molar-refractivity contribution >= 4 is 40.7 Å². The normalized spacial score (nSPS) is 13.5. The lowest BCUT2D eigenvalue weighted by molar-refractivity contribution is -0.384. The lowest BCUT2D eigenvalue weighted by atomic mass is 9.93. The molecule has 3 aromatic rings. The molecule has 0 fully saturated rings. The third-order valence-corrected chi connectivity index (χ3v) is 5.94. The SMILES string of the molecule is Cc1c(C(=O)NNC(=O)c2ccc(F)cc2)oc2c1/C(=N/NC(=O)c1ccc(Cl)c([N+](=O)[O-])c1)CCC2. The van der Waals surface area contributed by atoms with Gasteiger partial charge in [-0.15, -0.1) is 0 Å². The van der Waals surface area contributed by atoms with E-state index in [0.29, 0.717) is 41.9 Å². The lowest BCUT2D eigenvalue weighted by Gasteiger charge is -2.13. The van der Waals surface area contributed by atoms with Crippen molar-refractivity contribution in [2.75, 3.05) is 0 Å². The van der Waals surface area contributed by atoms with Gasteiger partial charge in [0.05, 0.1) is 10.6 Å². The molecule has 0 saturated heterocycles. The standard InChI is InChI=1S/C24H19ClFN5O6/c1-12-20-17(27-28-23(33)14-7-10-16(25)18(11-14)31(35)36)3-2-4-19(20)37-21(12)24(34)30-29-22(32)13-5-8-15(26)9-6-13/h5-11H,2-4H2,1H3,(H,28,33)(H,29,32)(H,30,34)/b27-17+. The minimum atomic E-state index is -0.709. The third kappa shape index (κ3) is 5.48. The molecule has 11 nitrogen and oxygen atoms in total. The van der Waals surface area contributed by atoms with Crippen LogP contribution in [0.15, 0.2) is 52.0 Å². The van der Waals surface area contributed by atoms with E-state index in [1.165, 1.54) is 24.3 Å². The summed E-state index contributed by atoms with van der Waals surface area (Å²) in [7, 11) is 0. The number of fused-ring (bicyclic) bond motifs is 1. The van der Waals surface area contributed by atoms with Crippen LogP contribution in [0.5, 0.6) is 0 Å². The summed E-state index contributed by atoms with van der Waals surface area (Å²) in [5, 5.41) is 15.2. The highest BCUT2D eigenvalue weighted by atomic mass is 35.5. The van der Waals surface area contributed by atoms with Gasteiger partial charge in [0, 0.05) is 34.7 Å². The quantitative estimate of drug-likeness (QED) is 0.338. The molecule has 1 aliphatic carbocycles. The first kappa shape index (κ1) is 25.5. The second-order valence-electron chi connectivity index (χ2n) is 8.05. The Kier molecular flexibility index (Phi) is 7.30. The molecule has 0 saturated carbocycles. The van der Waals surface area contributed by atoms with Crippen LogP contribution in [0.4, 0.5) is 10.1 Å². The summed E-state index contributed by atoms with van der Waals surface area (Å²) < 4.78 is 18.8. The van der Waals surface area contributed by atoms with Gasteiger partial charge in [-0.2, -0.15) is 5.10 Å². The zero-order chi connectivity index (χ0) is 26.7. The van der Waals surface area contributed by atoms with Gasteiger partial charge in [-0.25, -0.2) is 9.82 Å². The largest absolute Gasteiger partial charge is 0.455 e. The number of rotatable bonds is 5. The number of nitro benzene ring substituents is 1. The van der Waals surface area contributed by atoms with E-state index < -0.39 is 34.1 Å². The number of nitro groups is 1. The minimum Gasteiger partial charge on any atom is -0.455 e. The maximum Gasteiger partial charge on any atom is 0.305 e. The monoisotopic (exact) mass is 527 g/mol. The van der Waals surface area contributed by atoms with Gasteiger partial charge in [0.15, 0.2) is 5.76 Å². The van der Waals surface area contributed by atoms with Gasteiger partial charge in [-0.05, 0) is 56.2 Å². The van der Waals surface area contributed by atoms with Crippen molar-refractivity contribution in [1.82, 2.24) is 16.3 Å². The molecule has 13 heteroatoms. The molecule has 37 heavy (non-hydrogen) atoms. The van der Waals surface area contributed by atoms with Crippen LogP contribution in [0.1, 0.15) is 61.0 Å². The Bertz CT molecular complexity index is 1450. The first-order valence-electron chi connectivity index (χ1n) is 11.0. The fraction of sp³-hybridized carbons (Fsp3) is 0.167. The fourth-order valence-corrected chi connectivity index (χ4v) is 4.00. The molecule has 0 radical (unpaired) electrons. The molecule has 1 aliphatic rings. The highest BCUT2D eigenvalue weighted by Gasteiger charge is 2.28. The maximum atomic E-state index is 13.0. The predicted octanol–water partition coefficient (Wildman–Crippen LogP) is 3.83. The number of carbonyl (C=O) groups excluding carboxylic acids is 3. The zero-order valence-electron chi connectivity index (χ0n) is 19.3. The number of hydrogen-bond acceptors (Lipinski definition) is 7. The highest BCUT2D eigenvalue weighted by molar-refractivity contribution is 6.32. The summed E-state index contributed by atoms with van der Waals surface area (Å²) in [6.45, 7) is 1.64. The van der Waals surface area contributed by atoms with Crippen LogP contribution < -0.4 is 16.3 Å². The third-order valence-electron chi connectivity index (χ3n) is 5.63. The number of hydrogen-bond donors (Lipinski definition) is 3. The minimum absolute atomic E-state index is 0.00244. The average molecular weight is 528 g/mol. The Balaban J connectivity index is 1.49. The van der Waals surface area contributed by atoms with Crippen LogP contribution in [-0.4, -0.2) is 28.4 Å². The molecule has 1 aromatic heterocycles. The smallest absolute Gasteiger partial charge is 0.305 e. The summed E-state index contributed by atoms with van der Waals surface area (Å²) in [6, 6.07) is 8.42. The van der Waals surface area contributed by atoms with Crippen molar-refractivity contribution in [3.05, 3.63) is 97.2 Å². The second kappa shape index (κ2) is 10.6. The van der Waals surface area contributed by atoms with Gasteiger partial charge >= 0.3 is 5.91 Å². The number of hydrazine groups is 1. The Labute approximate surface area is 213 Å². The number of hydrazone groups is 1. The molecule has 0 atom stereocenters. The first-order chi connectivity index (χ1) is 17.7. The van der Waals surface area contributed by atoms with Crippen LogP contribution >= 0.6 is 11.6 Å².